The van der Waals surface area contributed by atoms with E-state index in [0.717, 1.165) is 11.3 Å². The summed E-state index contributed by atoms with van der Waals surface area (Å²) in [7, 11) is 0. The van der Waals surface area contributed by atoms with E-state index >= 15 is 0 Å². The van der Waals surface area contributed by atoms with Crippen molar-refractivity contribution in [1.29, 1.82) is 0 Å². The van der Waals surface area contributed by atoms with Crippen molar-refractivity contribution >= 4 is 5.70 Å². The maximum absolute atomic E-state index is 4.42. The number of imidazole rings is 1. The molecule has 18 heavy (non-hydrogen) atoms. The average Bonchev–Trinajstić information content (AvgIpc) is 3.02. The summed E-state index contributed by atoms with van der Waals surface area (Å²) in [6.07, 6.45) is 10.5. The number of rotatable bonds is 4. The standard InChI is InChI=1S/C16H22N2/c1-12(16(3,4)5)6-7-13(2)18-10-15(17-11-18)14-8-9-14/h6-7,10-11,14H,1-2,8-9H2,3-5H3/b7-6-. The normalized spacial score (nSPS) is 16.2. The van der Waals surface area contributed by atoms with Crippen LogP contribution in [-0.4, -0.2) is 9.55 Å². The highest BCUT2D eigenvalue weighted by molar-refractivity contribution is 5.55. The Balaban J connectivity index is 2.02. The Hall–Kier alpha value is -1.57. The number of aromatic nitrogens is 2. The molecule has 1 saturated carbocycles. The van der Waals surface area contributed by atoms with Crippen molar-refractivity contribution in [3.63, 3.8) is 0 Å². The number of allylic oxidation sites excluding steroid dienone is 4. The monoisotopic (exact) mass is 242 g/mol. The van der Waals surface area contributed by atoms with Gasteiger partial charge in [-0.05, 0) is 29.9 Å². The summed E-state index contributed by atoms with van der Waals surface area (Å²) >= 11 is 0. The molecule has 2 rings (SSSR count). The first-order chi connectivity index (χ1) is 8.38. The van der Waals surface area contributed by atoms with Crippen LogP contribution in [-0.2, 0) is 0 Å². The summed E-state index contributed by atoms with van der Waals surface area (Å²) < 4.78 is 1.99. The first kappa shape index (κ1) is 12.9. The third-order valence-electron chi connectivity index (χ3n) is 3.37. The van der Waals surface area contributed by atoms with Gasteiger partial charge in [-0.3, -0.25) is 0 Å². The van der Waals surface area contributed by atoms with Crippen LogP contribution in [0.25, 0.3) is 5.70 Å². The lowest BCUT2D eigenvalue weighted by Crippen LogP contribution is -2.06. The van der Waals surface area contributed by atoms with Crippen molar-refractivity contribution in [1.82, 2.24) is 9.55 Å². The van der Waals surface area contributed by atoms with Gasteiger partial charge in [0.2, 0.25) is 0 Å². The summed E-state index contributed by atoms with van der Waals surface area (Å²) in [5.74, 6) is 0.688. The molecule has 1 aliphatic rings. The van der Waals surface area contributed by atoms with E-state index in [4.69, 9.17) is 0 Å². The molecule has 1 aromatic heterocycles. The molecule has 2 heteroatoms. The van der Waals surface area contributed by atoms with Crippen LogP contribution in [0.2, 0.25) is 0 Å². The zero-order chi connectivity index (χ0) is 13.3. The molecule has 0 saturated heterocycles. The second-order valence-electron chi connectivity index (χ2n) is 6.08. The zero-order valence-corrected chi connectivity index (χ0v) is 11.6. The van der Waals surface area contributed by atoms with Crippen molar-refractivity contribution < 1.29 is 0 Å². The van der Waals surface area contributed by atoms with Gasteiger partial charge in [-0.1, -0.05) is 40.0 Å². The fourth-order valence-electron chi connectivity index (χ4n) is 1.62. The molecule has 0 amide bonds. The van der Waals surface area contributed by atoms with E-state index < -0.39 is 0 Å². The molecule has 0 radical (unpaired) electrons. The van der Waals surface area contributed by atoms with Gasteiger partial charge in [0.1, 0.15) is 0 Å². The highest BCUT2D eigenvalue weighted by atomic mass is 15.0. The smallest absolute Gasteiger partial charge is 0.0995 e. The van der Waals surface area contributed by atoms with E-state index in [9.17, 15) is 0 Å². The van der Waals surface area contributed by atoms with E-state index in [0.29, 0.717) is 5.92 Å². The van der Waals surface area contributed by atoms with Gasteiger partial charge in [-0.2, -0.15) is 0 Å². The zero-order valence-electron chi connectivity index (χ0n) is 11.6. The molecule has 0 atom stereocenters. The topological polar surface area (TPSA) is 17.8 Å². The molecule has 1 aliphatic carbocycles. The van der Waals surface area contributed by atoms with E-state index in [2.05, 4.69) is 45.1 Å². The molecule has 1 heterocycles. The van der Waals surface area contributed by atoms with Gasteiger partial charge in [0.15, 0.2) is 0 Å². The second kappa shape index (κ2) is 4.60. The quantitative estimate of drug-likeness (QED) is 0.716. The molecule has 0 aliphatic heterocycles. The Morgan fingerprint density at radius 2 is 2.00 bits per heavy atom. The summed E-state index contributed by atoms with van der Waals surface area (Å²) in [6.45, 7) is 14.6. The van der Waals surface area contributed by atoms with Crippen molar-refractivity contribution in [2.24, 2.45) is 5.41 Å². The number of hydrogen-bond acceptors (Lipinski definition) is 1. The van der Waals surface area contributed by atoms with E-state index in [-0.39, 0.29) is 5.41 Å². The molecular formula is C16H22N2. The fraction of sp³-hybridized carbons (Fsp3) is 0.438. The van der Waals surface area contributed by atoms with Gasteiger partial charge in [0.25, 0.3) is 0 Å². The summed E-state index contributed by atoms with van der Waals surface area (Å²) in [4.78, 5) is 4.42. The van der Waals surface area contributed by atoms with Gasteiger partial charge in [0, 0.05) is 17.8 Å². The molecule has 0 unspecified atom stereocenters. The number of hydrogen-bond donors (Lipinski definition) is 0. The third kappa shape index (κ3) is 3.00. The number of nitrogens with zero attached hydrogens (tertiary/aromatic N) is 2. The largest absolute Gasteiger partial charge is 0.307 e. The molecule has 0 aromatic carbocycles. The van der Waals surface area contributed by atoms with Crippen LogP contribution in [0.15, 0.2) is 43.4 Å². The van der Waals surface area contributed by atoms with Crippen LogP contribution in [0.5, 0.6) is 0 Å². The minimum Gasteiger partial charge on any atom is -0.307 e. The van der Waals surface area contributed by atoms with Crippen LogP contribution in [0.1, 0.15) is 45.2 Å². The van der Waals surface area contributed by atoms with Gasteiger partial charge in [-0.25, -0.2) is 4.98 Å². The van der Waals surface area contributed by atoms with Crippen molar-refractivity contribution in [2.45, 2.75) is 39.5 Å². The summed E-state index contributed by atoms with van der Waals surface area (Å²) in [5.41, 5.74) is 3.33. The maximum Gasteiger partial charge on any atom is 0.0995 e. The van der Waals surface area contributed by atoms with Crippen LogP contribution >= 0.6 is 0 Å². The summed E-state index contributed by atoms with van der Waals surface area (Å²) in [5, 5.41) is 0. The molecule has 96 valence electrons. The predicted octanol–water partition coefficient (Wildman–Crippen LogP) is 4.39. The SMILES string of the molecule is C=C(/C=C\C(=C)C(C)(C)C)n1cnc(C2CC2)c1. The van der Waals surface area contributed by atoms with Crippen LogP contribution in [0.4, 0.5) is 0 Å². The Bertz CT molecular complexity index is 493. The van der Waals surface area contributed by atoms with Crippen molar-refractivity contribution in [3.8, 4) is 0 Å². The highest BCUT2D eigenvalue weighted by Crippen LogP contribution is 2.39. The lowest BCUT2D eigenvalue weighted by molar-refractivity contribution is 0.519. The molecule has 0 bridgehead atoms. The third-order valence-corrected chi connectivity index (χ3v) is 3.37. The minimum absolute atomic E-state index is 0.102. The second-order valence-corrected chi connectivity index (χ2v) is 6.08. The molecule has 2 nitrogen and oxygen atoms in total. The first-order valence-corrected chi connectivity index (χ1v) is 6.48. The fourth-order valence-corrected chi connectivity index (χ4v) is 1.62. The lowest BCUT2D eigenvalue weighted by Gasteiger charge is -2.18. The molecular weight excluding hydrogens is 220 g/mol. The first-order valence-electron chi connectivity index (χ1n) is 6.48. The van der Waals surface area contributed by atoms with Gasteiger partial charge in [0.05, 0.1) is 12.0 Å². The van der Waals surface area contributed by atoms with Crippen LogP contribution in [0.3, 0.4) is 0 Å². The van der Waals surface area contributed by atoms with E-state index in [1.807, 2.05) is 23.0 Å². The molecule has 1 aromatic rings. The van der Waals surface area contributed by atoms with Crippen LogP contribution < -0.4 is 0 Å². The lowest BCUT2D eigenvalue weighted by atomic mass is 9.87. The maximum atomic E-state index is 4.42. The average molecular weight is 242 g/mol. The van der Waals surface area contributed by atoms with Gasteiger partial charge in [-0.15, -0.1) is 0 Å². The minimum atomic E-state index is 0.102. The Morgan fingerprint density at radius 1 is 1.33 bits per heavy atom. The molecule has 1 fully saturated rings. The Morgan fingerprint density at radius 3 is 2.56 bits per heavy atom. The van der Waals surface area contributed by atoms with E-state index in [1.54, 1.807) is 0 Å². The van der Waals surface area contributed by atoms with Gasteiger partial charge < -0.3 is 4.57 Å². The van der Waals surface area contributed by atoms with Crippen LogP contribution in [0, 0.1) is 5.41 Å². The predicted molar refractivity (Wildman–Crippen MR) is 77.3 cm³/mol. The Kier molecular flexibility index (Phi) is 3.29. The highest BCUT2D eigenvalue weighted by Gasteiger charge is 2.25. The molecule has 0 spiro atoms. The van der Waals surface area contributed by atoms with E-state index in [1.165, 1.54) is 18.5 Å². The van der Waals surface area contributed by atoms with Crippen molar-refractivity contribution in [2.75, 3.05) is 0 Å². The van der Waals surface area contributed by atoms with Crippen molar-refractivity contribution in [3.05, 3.63) is 49.1 Å². The summed E-state index contributed by atoms with van der Waals surface area (Å²) in [6, 6.07) is 0. The molecule has 0 N–H and O–H groups in total. The Labute approximate surface area is 110 Å². The van der Waals surface area contributed by atoms with Gasteiger partial charge >= 0.3 is 0 Å².